The number of carboxylic acids is 1. The lowest BCUT2D eigenvalue weighted by Crippen LogP contribution is -2.37. The number of aromatic nitrogens is 3. The monoisotopic (exact) mass is 493 g/mol. The number of aryl methyl sites for hydroxylation is 1. The molecule has 36 heavy (non-hydrogen) atoms. The first-order valence-corrected chi connectivity index (χ1v) is 12.6. The standard InChI is InChI=1S/C28H29F2N3O3/c1-16-12-20(2-3-22(16)29)33-24-13-19-15-31-32-23(19)14-21(24)25(26(33)18-6-10-36-11-7-18)17-4-8-28(30,9-5-17)27(34)35/h2-3,12-15,17-18H,4-11H2,1H3,(H,31,32)(H,34,35)/t17-,28+. The average molecular weight is 494 g/mol. The van der Waals surface area contributed by atoms with Gasteiger partial charge in [0.1, 0.15) is 5.82 Å². The maximum absolute atomic E-state index is 15.0. The minimum absolute atomic E-state index is 0.00511. The van der Waals surface area contributed by atoms with E-state index in [9.17, 15) is 14.3 Å². The number of hydrogen-bond acceptors (Lipinski definition) is 3. The van der Waals surface area contributed by atoms with Crippen molar-refractivity contribution in [3.05, 3.63) is 59.2 Å². The predicted molar refractivity (Wildman–Crippen MR) is 133 cm³/mol. The number of benzene rings is 2. The van der Waals surface area contributed by atoms with E-state index in [1.165, 1.54) is 6.07 Å². The number of aliphatic carboxylic acids is 1. The lowest BCUT2D eigenvalue weighted by molar-refractivity contribution is -0.153. The molecule has 2 aromatic carbocycles. The third-order valence-corrected chi connectivity index (χ3v) is 8.18. The van der Waals surface area contributed by atoms with E-state index >= 15 is 4.39 Å². The quantitative estimate of drug-likeness (QED) is 0.350. The van der Waals surface area contributed by atoms with Gasteiger partial charge in [0.25, 0.3) is 0 Å². The molecule has 1 aliphatic carbocycles. The highest BCUT2D eigenvalue weighted by atomic mass is 19.1. The molecule has 0 spiro atoms. The molecule has 0 bridgehead atoms. The van der Waals surface area contributed by atoms with E-state index in [1.807, 2.05) is 12.1 Å². The molecule has 0 radical (unpaired) electrons. The van der Waals surface area contributed by atoms with E-state index in [0.29, 0.717) is 31.6 Å². The van der Waals surface area contributed by atoms with Gasteiger partial charge in [-0.15, -0.1) is 0 Å². The van der Waals surface area contributed by atoms with Crippen molar-refractivity contribution >= 4 is 27.8 Å². The summed E-state index contributed by atoms with van der Waals surface area (Å²) < 4.78 is 37.2. The van der Waals surface area contributed by atoms with Crippen molar-refractivity contribution in [1.82, 2.24) is 14.8 Å². The van der Waals surface area contributed by atoms with Crippen LogP contribution in [0.25, 0.3) is 27.5 Å². The summed E-state index contributed by atoms with van der Waals surface area (Å²) in [6.07, 6.45) is 4.42. The third kappa shape index (κ3) is 3.70. The molecule has 8 heteroatoms. The summed E-state index contributed by atoms with van der Waals surface area (Å²) in [5, 5.41) is 18.8. The van der Waals surface area contributed by atoms with Crippen molar-refractivity contribution < 1.29 is 23.4 Å². The first-order chi connectivity index (χ1) is 17.4. The Labute approximate surface area is 207 Å². The van der Waals surface area contributed by atoms with Crippen LogP contribution in [-0.4, -0.2) is 44.7 Å². The maximum Gasteiger partial charge on any atom is 0.341 e. The van der Waals surface area contributed by atoms with Gasteiger partial charge in [-0.2, -0.15) is 5.10 Å². The third-order valence-electron chi connectivity index (χ3n) is 8.18. The molecule has 2 fully saturated rings. The smallest absolute Gasteiger partial charge is 0.341 e. The SMILES string of the molecule is Cc1cc(-n2c(C3CCOCC3)c([C@H]3CC[C@](F)(C(=O)O)CC3)c3cc4[nH]ncc4cc32)ccc1F. The minimum Gasteiger partial charge on any atom is -0.479 e. The van der Waals surface area contributed by atoms with E-state index in [1.54, 1.807) is 13.1 Å². The van der Waals surface area contributed by atoms with Gasteiger partial charge in [-0.1, -0.05) is 0 Å². The first kappa shape index (κ1) is 23.2. The molecule has 6 nitrogen and oxygen atoms in total. The number of H-pyrrole nitrogens is 1. The molecular formula is C28H29F2N3O3. The van der Waals surface area contributed by atoms with Crippen LogP contribution in [0.3, 0.4) is 0 Å². The molecule has 1 aliphatic heterocycles. The summed E-state index contributed by atoms with van der Waals surface area (Å²) in [6, 6.07) is 9.41. The summed E-state index contributed by atoms with van der Waals surface area (Å²) >= 11 is 0. The van der Waals surface area contributed by atoms with Gasteiger partial charge in [0, 0.05) is 41.3 Å². The number of ether oxygens (including phenoxy) is 1. The highest BCUT2D eigenvalue weighted by Gasteiger charge is 2.44. The molecule has 6 rings (SSSR count). The topological polar surface area (TPSA) is 80.1 Å². The van der Waals surface area contributed by atoms with Crippen LogP contribution in [0.4, 0.5) is 8.78 Å². The fourth-order valence-corrected chi connectivity index (χ4v) is 6.19. The van der Waals surface area contributed by atoms with Crippen LogP contribution in [0.1, 0.15) is 67.2 Å². The number of carboxylic acid groups (broad SMARTS) is 1. The zero-order valence-electron chi connectivity index (χ0n) is 20.2. The lowest BCUT2D eigenvalue weighted by Gasteiger charge is -2.33. The Kier molecular flexibility index (Phi) is 5.59. The number of nitrogens with zero attached hydrogens (tertiary/aromatic N) is 2. The van der Waals surface area contributed by atoms with Crippen molar-refractivity contribution in [3.8, 4) is 5.69 Å². The molecule has 2 aromatic heterocycles. The van der Waals surface area contributed by atoms with Crippen molar-refractivity contribution in [1.29, 1.82) is 0 Å². The maximum atomic E-state index is 15.0. The molecule has 1 saturated carbocycles. The van der Waals surface area contributed by atoms with Crippen LogP contribution in [-0.2, 0) is 9.53 Å². The fourth-order valence-electron chi connectivity index (χ4n) is 6.19. The van der Waals surface area contributed by atoms with Gasteiger partial charge in [-0.05, 0) is 92.8 Å². The number of fused-ring (bicyclic) bond motifs is 2. The molecule has 4 aromatic rings. The number of alkyl halides is 1. The van der Waals surface area contributed by atoms with E-state index in [4.69, 9.17) is 4.74 Å². The first-order valence-electron chi connectivity index (χ1n) is 12.6. The normalized spacial score (nSPS) is 23.5. The fraction of sp³-hybridized carbons (Fsp3) is 0.429. The molecule has 0 atom stereocenters. The van der Waals surface area contributed by atoms with Crippen LogP contribution in [0.15, 0.2) is 36.5 Å². The Morgan fingerprint density at radius 2 is 1.89 bits per heavy atom. The van der Waals surface area contributed by atoms with E-state index in [2.05, 4.69) is 26.9 Å². The highest BCUT2D eigenvalue weighted by Crippen LogP contribution is 2.48. The molecule has 0 amide bonds. The molecule has 188 valence electrons. The molecule has 0 unspecified atom stereocenters. The number of nitrogens with one attached hydrogen (secondary N) is 1. The Balaban J connectivity index is 1.61. The summed E-state index contributed by atoms with van der Waals surface area (Å²) in [5.41, 5.74) is 3.51. The average Bonchev–Trinajstić information content (AvgIpc) is 3.47. The van der Waals surface area contributed by atoms with Crippen LogP contribution in [0.5, 0.6) is 0 Å². The zero-order chi connectivity index (χ0) is 25.0. The second-order valence-corrected chi connectivity index (χ2v) is 10.3. The van der Waals surface area contributed by atoms with Gasteiger partial charge in [0.15, 0.2) is 0 Å². The van der Waals surface area contributed by atoms with Crippen molar-refractivity contribution in [2.24, 2.45) is 0 Å². The van der Waals surface area contributed by atoms with Crippen LogP contribution in [0.2, 0.25) is 0 Å². The van der Waals surface area contributed by atoms with Gasteiger partial charge in [-0.3, -0.25) is 5.10 Å². The summed E-state index contributed by atoms with van der Waals surface area (Å²) in [4.78, 5) is 11.6. The largest absolute Gasteiger partial charge is 0.479 e. The van der Waals surface area contributed by atoms with E-state index < -0.39 is 11.6 Å². The Bertz CT molecular complexity index is 1460. The van der Waals surface area contributed by atoms with Crippen LogP contribution < -0.4 is 0 Å². The van der Waals surface area contributed by atoms with E-state index in [0.717, 1.165) is 51.6 Å². The Hall–Kier alpha value is -3.26. The van der Waals surface area contributed by atoms with Crippen molar-refractivity contribution in [2.75, 3.05) is 13.2 Å². The van der Waals surface area contributed by atoms with Gasteiger partial charge in [-0.25, -0.2) is 13.6 Å². The number of rotatable bonds is 4. The molecule has 3 heterocycles. The predicted octanol–water partition coefficient (Wildman–Crippen LogP) is 6.30. The summed E-state index contributed by atoms with van der Waals surface area (Å²) in [7, 11) is 0. The van der Waals surface area contributed by atoms with Gasteiger partial charge in [0.05, 0.1) is 17.2 Å². The second kappa shape index (κ2) is 8.69. The Morgan fingerprint density at radius 1 is 1.14 bits per heavy atom. The Morgan fingerprint density at radius 3 is 2.58 bits per heavy atom. The van der Waals surface area contributed by atoms with Gasteiger partial charge in [0.2, 0.25) is 5.67 Å². The number of aromatic amines is 1. The van der Waals surface area contributed by atoms with Gasteiger partial charge < -0.3 is 14.4 Å². The van der Waals surface area contributed by atoms with Crippen molar-refractivity contribution in [2.45, 2.75) is 63.0 Å². The van der Waals surface area contributed by atoms with Crippen molar-refractivity contribution in [3.63, 3.8) is 0 Å². The minimum atomic E-state index is -2.17. The number of hydrogen-bond donors (Lipinski definition) is 2. The molecule has 2 N–H and O–H groups in total. The van der Waals surface area contributed by atoms with Gasteiger partial charge >= 0.3 is 5.97 Å². The van der Waals surface area contributed by atoms with Crippen LogP contribution >= 0.6 is 0 Å². The lowest BCUT2D eigenvalue weighted by atomic mass is 9.75. The molecule has 2 aliphatic rings. The zero-order valence-corrected chi connectivity index (χ0v) is 20.2. The summed E-state index contributed by atoms with van der Waals surface area (Å²) in [6.45, 7) is 3.09. The second-order valence-electron chi connectivity index (χ2n) is 10.3. The van der Waals surface area contributed by atoms with Crippen LogP contribution in [0, 0.1) is 12.7 Å². The highest BCUT2D eigenvalue weighted by molar-refractivity contribution is 5.99. The number of carbonyl (C=O) groups is 1. The number of halogens is 2. The summed E-state index contributed by atoms with van der Waals surface area (Å²) in [5.74, 6) is -1.37. The molecule has 1 saturated heterocycles. The molecular weight excluding hydrogens is 464 g/mol. The van der Waals surface area contributed by atoms with E-state index in [-0.39, 0.29) is 30.5 Å².